The zero-order chi connectivity index (χ0) is 13.0. The Morgan fingerprint density at radius 2 is 1.94 bits per heavy atom. The number of hydrogen-bond donors (Lipinski definition) is 2. The average molecular weight is 253 g/mol. The van der Waals surface area contributed by atoms with Crippen LogP contribution in [0.15, 0.2) is 18.2 Å². The maximum absolute atomic E-state index is 14.0. The molecule has 0 heterocycles. The number of para-hydroxylation sites is 1. The molecule has 0 bridgehead atoms. The fourth-order valence-electron chi connectivity index (χ4n) is 2.81. The lowest BCUT2D eigenvalue weighted by molar-refractivity contribution is 0.278. The fraction of sp³-hybridized carbons (Fsp3) is 0.571. The second-order valence-electron chi connectivity index (χ2n) is 4.76. The summed E-state index contributed by atoms with van der Waals surface area (Å²) in [7, 11) is 0. The van der Waals surface area contributed by atoms with Gasteiger partial charge in [0, 0.05) is 18.2 Å². The number of nitrogens with zero attached hydrogens (tertiary/aromatic N) is 1. The molecule has 0 aromatic heterocycles. The molecule has 3 nitrogen and oxygen atoms in total. The third-order valence-electron chi connectivity index (χ3n) is 3.63. The van der Waals surface area contributed by atoms with Crippen LogP contribution in [-0.4, -0.2) is 29.4 Å². The van der Waals surface area contributed by atoms with Gasteiger partial charge in [-0.1, -0.05) is 25.0 Å². The summed E-state index contributed by atoms with van der Waals surface area (Å²) in [5.41, 5.74) is 1.05. The van der Waals surface area contributed by atoms with Gasteiger partial charge in [-0.05, 0) is 18.9 Å². The molecule has 0 radical (unpaired) electrons. The van der Waals surface area contributed by atoms with Crippen LogP contribution in [0.3, 0.4) is 0 Å². The maximum atomic E-state index is 14.0. The average Bonchev–Trinajstić information content (AvgIpc) is 2.90. The van der Waals surface area contributed by atoms with Crippen molar-refractivity contribution in [1.82, 2.24) is 0 Å². The smallest absolute Gasteiger partial charge is 0.146 e. The maximum Gasteiger partial charge on any atom is 0.146 e. The van der Waals surface area contributed by atoms with E-state index in [1.165, 1.54) is 6.07 Å². The number of hydrogen-bond acceptors (Lipinski definition) is 3. The summed E-state index contributed by atoms with van der Waals surface area (Å²) in [6.07, 6.45) is 4.35. The monoisotopic (exact) mass is 253 g/mol. The molecule has 2 N–H and O–H groups in total. The standard InChI is InChI=1S/C14H20FNO2/c15-13-7-3-4-11(10-18)14(13)16(8-9-17)12-5-1-2-6-12/h3-4,7,12,17-18H,1-2,5-6,8-10H2. The summed E-state index contributed by atoms with van der Waals surface area (Å²) in [5.74, 6) is -0.318. The first-order valence-corrected chi connectivity index (χ1v) is 6.53. The number of anilines is 1. The first-order valence-electron chi connectivity index (χ1n) is 6.53. The third-order valence-corrected chi connectivity index (χ3v) is 3.63. The third kappa shape index (κ3) is 2.65. The highest BCUT2D eigenvalue weighted by atomic mass is 19.1. The van der Waals surface area contributed by atoms with E-state index in [4.69, 9.17) is 0 Å². The first-order chi connectivity index (χ1) is 8.77. The lowest BCUT2D eigenvalue weighted by Crippen LogP contribution is -2.37. The van der Waals surface area contributed by atoms with Crippen LogP contribution in [0.1, 0.15) is 31.2 Å². The molecule has 0 unspecified atom stereocenters. The Labute approximate surface area is 107 Å². The summed E-state index contributed by atoms with van der Waals surface area (Å²) >= 11 is 0. The van der Waals surface area contributed by atoms with Crippen molar-refractivity contribution in [3.63, 3.8) is 0 Å². The summed E-state index contributed by atoms with van der Waals surface area (Å²) in [5, 5.41) is 18.5. The van der Waals surface area contributed by atoms with Gasteiger partial charge in [0.2, 0.25) is 0 Å². The number of benzene rings is 1. The number of halogens is 1. The van der Waals surface area contributed by atoms with E-state index in [9.17, 15) is 14.6 Å². The molecule has 1 fully saturated rings. The highest BCUT2D eigenvalue weighted by molar-refractivity contribution is 5.55. The summed E-state index contributed by atoms with van der Waals surface area (Å²) in [6.45, 7) is 0.232. The van der Waals surface area contributed by atoms with Gasteiger partial charge in [0.05, 0.1) is 18.9 Å². The largest absolute Gasteiger partial charge is 0.395 e. The fourth-order valence-corrected chi connectivity index (χ4v) is 2.81. The zero-order valence-electron chi connectivity index (χ0n) is 10.5. The van der Waals surface area contributed by atoms with Crippen LogP contribution in [0.5, 0.6) is 0 Å². The Bertz CT molecular complexity index is 391. The molecule has 18 heavy (non-hydrogen) atoms. The lowest BCUT2D eigenvalue weighted by atomic mass is 10.1. The molecule has 0 amide bonds. The van der Waals surface area contributed by atoms with Gasteiger partial charge < -0.3 is 15.1 Å². The Hall–Kier alpha value is -1.13. The van der Waals surface area contributed by atoms with Gasteiger partial charge in [0.1, 0.15) is 5.82 Å². The predicted octanol–water partition coefficient (Wildman–Crippen LogP) is 2.06. The van der Waals surface area contributed by atoms with Crippen LogP contribution in [-0.2, 0) is 6.61 Å². The molecular weight excluding hydrogens is 233 g/mol. The molecule has 0 saturated heterocycles. The predicted molar refractivity (Wildman–Crippen MR) is 69.0 cm³/mol. The molecule has 4 heteroatoms. The van der Waals surface area contributed by atoms with Crippen LogP contribution < -0.4 is 4.90 Å². The molecule has 1 aliphatic carbocycles. The SMILES string of the molecule is OCCN(c1c(F)cccc1CO)C1CCCC1. The van der Waals surface area contributed by atoms with E-state index in [0.717, 1.165) is 25.7 Å². The van der Waals surface area contributed by atoms with Crippen molar-refractivity contribution in [2.75, 3.05) is 18.1 Å². The van der Waals surface area contributed by atoms with E-state index in [0.29, 0.717) is 17.8 Å². The quantitative estimate of drug-likeness (QED) is 0.844. The van der Waals surface area contributed by atoms with Crippen molar-refractivity contribution >= 4 is 5.69 Å². The van der Waals surface area contributed by atoms with Crippen molar-refractivity contribution in [3.8, 4) is 0 Å². The van der Waals surface area contributed by atoms with Crippen molar-refractivity contribution in [1.29, 1.82) is 0 Å². The summed E-state index contributed by atoms with van der Waals surface area (Å²) in [4.78, 5) is 1.92. The highest BCUT2D eigenvalue weighted by Gasteiger charge is 2.26. The van der Waals surface area contributed by atoms with Crippen molar-refractivity contribution < 1.29 is 14.6 Å². The second kappa shape index (κ2) is 6.16. The van der Waals surface area contributed by atoms with E-state index < -0.39 is 0 Å². The summed E-state index contributed by atoms with van der Waals surface area (Å²) in [6, 6.07) is 5.03. The van der Waals surface area contributed by atoms with Crippen LogP contribution in [0.4, 0.5) is 10.1 Å². The molecule has 1 saturated carbocycles. The molecule has 1 aromatic rings. The molecular formula is C14H20FNO2. The van der Waals surface area contributed by atoms with Gasteiger partial charge >= 0.3 is 0 Å². The van der Waals surface area contributed by atoms with Gasteiger partial charge in [0.15, 0.2) is 0 Å². The second-order valence-corrected chi connectivity index (χ2v) is 4.76. The first kappa shape index (κ1) is 13.3. The highest BCUT2D eigenvalue weighted by Crippen LogP contribution is 2.32. The van der Waals surface area contributed by atoms with Gasteiger partial charge in [-0.15, -0.1) is 0 Å². The van der Waals surface area contributed by atoms with Crippen molar-refractivity contribution in [2.45, 2.75) is 38.3 Å². The van der Waals surface area contributed by atoms with Crippen molar-refractivity contribution in [2.24, 2.45) is 0 Å². The molecule has 2 rings (SSSR count). The lowest BCUT2D eigenvalue weighted by Gasteiger charge is -2.32. The molecule has 0 spiro atoms. The van der Waals surface area contributed by atoms with Crippen LogP contribution in [0, 0.1) is 5.82 Å². The Morgan fingerprint density at radius 3 is 2.56 bits per heavy atom. The van der Waals surface area contributed by atoms with E-state index in [1.54, 1.807) is 12.1 Å². The van der Waals surface area contributed by atoms with Gasteiger partial charge in [0.25, 0.3) is 0 Å². The van der Waals surface area contributed by atoms with Crippen molar-refractivity contribution in [3.05, 3.63) is 29.6 Å². The van der Waals surface area contributed by atoms with E-state index in [-0.39, 0.29) is 25.1 Å². The number of rotatable bonds is 5. The summed E-state index contributed by atoms with van der Waals surface area (Å²) < 4.78 is 14.0. The zero-order valence-corrected chi connectivity index (χ0v) is 10.5. The van der Waals surface area contributed by atoms with E-state index in [1.807, 2.05) is 4.90 Å². The van der Waals surface area contributed by atoms with Crippen LogP contribution in [0.25, 0.3) is 0 Å². The minimum atomic E-state index is -0.318. The molecule has 0 aliphatic heterocycles. The van der Waals surface area contributed by atoms with Crippen LogP contribution in [0.2, 0.25) is 0 Å². The van der Waals surface area contributed by atoms with Gasteiger partial charge in [-0.3, -0.25) is 0 Å². The Balaban J connectivity index is 2.34. The molecule has 100 valence electrons. The molecule has 0 atom stereocenters. The topological polar surface area (TPSA) is 43.7 Å². The number of aliphatic hydroxyl groups excluding tert-OH is 2. The van der Waals surface area contributed by atoms with E-state index >= 15 is 0 Å². The van der Waals surface area contributed by atoms with Gasteiger partial charge in [-0.2, -0.15) is 0 Å². The van der Waals surface area contributed by atoms with Gasteiger partial charge in [-0.25, -0.2) is 4.39 Å². The normalized spacial score (nSPS) is 16.2. The molecule has 1 aromatic carbocycles. The van der Waals surface area contributed by atoms with E-state index in [2.05, 4.69) is 0 Å². The molecule has 1 aliphatic rings. The minimum Gasteiger partial charge on any atom is -0.395 e. The number of aliphatic hydroxyl groups is 2. The Morgan fingerprint density at radius 1 is 1.22 bits per heavy atom. The minimum absolute atomic E-state index is 0.00426. The van der Waals surface area contributed by atoms with Crippen LogP contribution >= 0.6 is 0 Å². The Kier molecular flexibility index (Phi) is 4.55.